The third-order valence-electron chi connectivity index (χ3n) is 5.79. The standard InChI is InChI=1S/C23H29NO7/c1-13-11-15(14-9-7-6-8-10-14)24-31-20(13)27-21-19-18(29-23(4,5)30-19)17(26-21)16-12-25-22(2,3)28-16/h6-10,16-21H,1,11-12H2,2-5H3/t16-,17+,18-,19-,20?,21+/m0/s1. The van der Waals surface area contributed by atoms with Crippen LogP contribution in [0, 0.1) is 0 Å². The Morgan fingerprint density at radius 3 is 2.39 bits per heavy atom. The third kappa shape index (κ3) is 4.16. The van der Waals surface area contributed by atoms with Gasteiger partial charge in [-0.15, -0.1) is 0 Å². The molecule has 0 bridgehead atoms. The maximum atomic E-state index is 6.21. The first kappa shape index (κ1) is 21.1. The van der Waals surface area contributed by atoms with Gasteiger partial charge in [0, 0.05) is 6.42 Å². The highest BCUT2D eigenvalue weighted by Gasteiger charge is 2.60. The molecule has 4 aliphatic rings. The summed E-state index contributed by atoms with van der Waals surface area (Å²) >= 11 is 0. The second kappa shape index (κ2) is 7.65. The molecular formula is C23H29NO7. The van der Waals surface area contributed by atoms with Gasteiger partial charge in [0.1, 0.15) is 24.4 Å². The van der Waals surface area contributed by atoms with Gasteiger partial charge >= 0.3 is 0 Å². The number of hydrogen-bond donors (Lipinski definition) is 0. The zero-order valence-corrected chi connectivity index (χ0v) is 18.3. The summed E-state index contributed by atoms with van der Waals surface area (Å²) in [4.78, 5) is 5.65. The minimum Gasteiger partial charge on any atom is -0.358 e. The molecule has 8 heteroatoms. The zero-order chi connectivity index (χ0) is 21.8. The Balaban J connectivity index is 1.30. The maximum Gasteiger partial charge on any atom is 0.251 e. The fourth-order valence-corrected chi connectivity index (χ4v) is 4.42. The van der Waals surface area contributed by atoms with Crippen LogP contribution in [0.4, 0.5) is 0 Å². The van der Waals surface area contributed by atoms with Gasteiger partial charge in [-0.3, -0.25) is 0 Å². The van der Waals surface area contributed by atoms with E-state index < -0.39 is 36.4 Å². The van der Waals surface area contributed by atoms with Gasteiger partial charge in [0.15, 0.2) is 17.9 Å². The van der Waals surface area contributed by atoms with Crippen molar-refractivity contribution in [2.45, 2.75) is 82.7 Å². The minimum absolute atomic E-state index is 0.285. The summed E-state index contributed by atoms with van der Waals surface area (Å²) in [5.41, 5.74) is 2.57. The quantitative estimate of drug-likeness (QED) is 0.678. The summed E-state index contributed by atoms with van der Waals surface area (Å²) in [6.07, 6.45) is -2.34. The molecule has 1 aromatic carbocycles. The Labute approximate surface area is 182 Å². The molecule has 0 amide bonds. The van der Waals surface area contributed by atoms with Gasteiger partial charge in [-0.05, 0) is 38.8 Å². The van der Waals surface area contributed by atoms with E-state index in [1.807, 2.05) is 58.0 Å². The number of oxime groups is 1. The average Bonchev–Trinajstić information content (AvgIpc) is 3.34. The van der Waals surface area contributed by atoms with Gasteiger partial charge in [-0.1, -0.05) is 42.1 Å². The molecule has 0 aromatic heterocycles. The van der Waals surface area contributed by atoms with Gasteiger partial charge in [-0.25, -0.2) is 0 Å². The molecule has 0 aliphatic carbocycles. The Bertz CT molecular complexity index is 868. The second-order valence-electron chi connectivity index (χ2n) is 9.21. The smallest absolute Gasteiger partial charge is 0.251 e. The van der Waals surface area contributed by atoms with Crippen LogP contribution in [0.15, 0.2) is 47.6 Å². The topological polar surface area (TPSA) is 77.0 Å². The largest absolute Gasteiger partial charge is 0.358 e. The van der Waals surface area contributed by atoms with Crippen molar-refractivity contribution >= 4 is 5.71 Å². The molecule has 6 atom stereocenters. The summed E-state index contributed by atoms with van der Waals surface area (Å²) in [6.45, 7) is 12.1. The first-order valence-corrected chi connectivity index (χ1v) is 10.6. The van der Waals surface area contributed by atoms with Crippen molar-refractivity contribution in [3.8, 4) is 0 Å². The van der Waals surface area contributed by atoms with E-state index in [4.69, 9.17) is 33.3 Å². The molecule has 3 fully saturated rings. The monoisotopic (exact) mass is 431 g/mol. The van der Waals surface area contributed by atoms with Crippen molar-refractivity contribution in [1.82, 2.24) is 0 Å². The van der Waals surface area contributed by atoms with E-state index in [-0.39, 0.29) is 12.2 Å². The summed E-state index contributed by atoms with van der Waals surface area (Å²) < 4.78 is 36.3. The van der Waals surface area contributed by atoms with Gasteiger partial charge < -0.3 is 33.3 Å². The average molecular weight is 431 g/mol. The van der Waals surface area contributed by atoms with Crippen molar-refractivity contribution in [1.29, 1.82) is 0 Å². The lowest BCUT2D eigenvalue weighted by Crippen LogP contribution is -2.40. The van der Waals surface area contributed by atoms with Gasteiger partial charge in [0.2, 0.25) is 0 Å². The van der Waals surface area contributed by atoms with Crippen molar-refractivity contribution in [3.63, 3.8) is 0 Å². The van der Waals surface area contributed by atoms with E-state index in [9.17, 15) is 0 Å². The molecule has 4 aliphatic heterocycles. The number of benzene rings is 1. The molecule has 5 rings (SSSR count). The Kier molecular flexibility index (Phi) is 5.20. The number of ether oxygens (including phenoxy) is 6. The van der Waals surface area contributed by atoms with E-state index in [2.05, 4.69) is 11.7 Å². The summed E-state index contributed by atoms with van der Waals surface area (Å²) in [5, 5.41) is 4.26. The Morgan fingerprint density at radius 1 is 0.968 bits per heavy atom. The molecule has 0 N–H and O–H groups in total. The number of nitrogens with zero attached hydrogens (tertiary/aromatic N) is 1. The highest BCUT2D eigenvalue weighted by molar-refractivity contribution is 6.01. The highest BCUT2D eigenvalue weighted by Crippen LogP contribution is 2.43. The summed E-state index contributed by atoms with van der Waals surface area (Å²) in [6, 6.07) is 9.87. The van der Waals surface area contributed by atoms with Crippen molar-refractivity contribution in [2.75, 3.05) is 6.61 Å². The molecule has 1 aromatic rings. The summed E-state index contributed by atoms with van der Waals surface area (Å²) in [7, 11) is 0. The first-order valence-electron chi connectivity index (χ1n) is 10.6. The van der Waals surface area contributed by atoms with Gasteiger partial charge in [0.05, 0.1) is 12.3 Å². The Hall–Kier alpha value is -1.81. The van der Waals surface area contributed by atoms with Crippen LogP contribution in [0.2, 0.25) is 0 Å². The van der Waals surface area contributed by atoms with Crippen LogP contribution < -0.4 is 0 Å². The predicted octanol–water partition coefficient (Wildman–Crippen LogP) is 3.11. The fraction of sp³-hybridized carbons (Fsp3) is 0.609. The lowest BCUT2D eigenvalue weighted by Gasteiger charge is -2.29. The zero-order valence-electron chi connectivity index (χ0n) is 18.3. The van der Waals surface area contributed by atoms with Crippen molar-refractivity contribution < 1.29 is 33.3 Å². The molecular weight excluding hydrogens is 402 g/mol. The normalized spacial score (nSPS) is 38.6. The molecule has 4 heterocycles. The van der Waals surface area contributed by atoms with Gasteiger partial charge in [0.25, 0.3) is 6.29 Å². The third-order valence-corrected chi connectivity index (χ3v) is 5.79. The molecule has 168 valence electrons. The summed E-state index contributed by atoms with van der Waals surface area (Å²) in [5.74, 6) is -1.42. The molecule has 31 heavy (non-hydrogen) atoms. The van der Waals surface area contributed by atoms with E-state index in [0.29, 0.717) is 13.0 Å². The SMILES string of the molecule is C=C1CC(c2ccccc2)=NOC1O[C@H]1O[C@H]([C@@H]2COC(C)(C)O2)[C@@H]2OC(C)(C)O[C@H]12. The first-order chi connectivity index (χ1) is 14.7. The maximum absolute atomic E-state index is 6.21. The molecule has 0 radical (unpaired) electrons. The lowest BCUT2D eigenvalue weighted by molar-refractivity contribution is -0.282. The van der Waals surface area contributed by atoms with Crippen molar-refractivity contribution in [2.24, 2.45) is 5.16 Å². The lowest BCUT2D eigenvalue weighted by atomic mass is 10.0. The van der Waals surface area contributed by atoms with Crippen LogP contribution in [-0.2, 0) is 33.3 Å². The number of rotatable bonds is 4. The second-order valence-corrected chi connectivity index (χ2v) is 9.21. The van der Waals surface area contributed by atoms with Crippen LogP contribution >= 0.6 is 0 Å². The van der Waals surface area contributed by atoms with Crippen LogP contribution in [0.1, 0.15) is 39.7 Å². The highest BCUT2D eigenvalue weighted by atomic mass is 16.9. The predicted molar refractivity (Wildman–Crippen MR) is 110 cm³/mol. The van der Waals surface area contributed by atoms with Crippen molar-refractivity contribution in [3.05, 3.63) is 48.0 Å². The van der Waals surface area contributed by atoms with E-state index in [0.717, 1.165) is 16.8 Å². The van der Waals surface area contributed by atoms with Crippen LogP contribution in [0.5, 0.6) is 0 Å². The van der Waals surface area contributed by atoms with Gasteiger partial charge in [-0.2, -0.15) is 0 Å². The minimum atomic E-state index is -0.753. The molecule has 3 saturated heterocycles. The van der Waals surface area contributed by atoms with E-state index >= 15 is 0 Å². The van der Waals surface area contributed by atoms with Crippen LogP contribution in [0.3, 0.4) is 0 Å². The number of hydrogen-bond acceptors (Lipinski definition) is 8. The molecule has 0 spiro atoms. The number of fused-ring (bicyclic) bond motifs is 1. The fourth-order valence-electron chi connectivity index (χ4n) is 4.42. The van der Waals surface area contributed by atoms with E-state index in [1.165, 1.54) is 0 Å². The molecule has 8 nitrogen and oxygen atoms in total. The molecule has 1 unspecified atom stereocenters. The molecule has 0 saturated carbocycles. The van der Waals surface area contributed by atoms with Crippen LogP contribution in [0.25, 0.3) is 0 Å². The Morgan fingerprint density at radius 2 is 1.71 bits per heavy atom. The van der Waals surface area contributed by atoms with Crippen LogP contribution in [-0.4, -0.2) is 60.9 Å². The van der Waals surface area contributed by atoms with E-state index in [1.54, 1.807) is 0 Å².